The van der Waals surface area contributed by atoms with E-state index in [4.69, 9.17) is 0 Å². The van der Waals surface area contributed by atoms with Crippen LogP contribution < -0.4 is 10.0 Å². The van der Waals surface area contributed by atoms with Crippen LogP contribution in [0.15, 0.2) is 27.1 Å². The van der Waals surface area contributed by atoms with Crippen molar-refractivity contribution < 1.29 is 8.42 Å². The van der Waals surface area contributed by atoms with Crippen molar-refractivity contribution in [3.05, 3.63) is 32.7 Å². The molecule has 1 rings (SSSR count). The first-order valence-corrected chi connectivity index (χ1v) is 9.65. The summed E-state index contributed by atoms with van der Waals surface area (Å²) in [5, 5.41) is 3.35. The number of nitrogens with one attached hydrogen (secondary N) is 2. The van der Waals surface area contributed by atoms with Gasteiger partial charge in [0.1, 0.15) is 0 Å². The van der Waals surface area contributed by atoms with Gasteiger partial charge in [-0.1, -0.05) is 37.9 Å². The third kappa shape index (κ3) is 6.22. The molecule has 0 aliphatic heterocycles. The van der Waals surface area contributed by atoms with E-state index in [9.17, 15) is 8.42 Å². The van der Waals surface area contributed by atoms with Gasteiger partial charge < -0.3 is 5.32 Å². The Bertz CT molecular complexity index is 574. The Hall–Kier alpha value is 0.0500. The van der Waals surface area contributed by atoms with Crippen molar-refractivity contribution in [3.8, 4) is 0 Å². The molecule has 0 bridgehead atoms. The van der Waals surface area contributed by atoms with E-state index in [-0.39, 0.29) is 6.04 Å². The summed E-state index contributed by atoms with van der Waals surface area (Å²) in [7, 11) is -3.21. The first-order chi connectivity index (χ1) is 9.00. The first-order valence-electron chi connectivity index (χ1n) is 6.17. The minimum absolute atomic E-state index is 0.109. The minimum Gasteiger partial charge on any atom is -0.308 e. The summed E-state index contributed by atoms with van der Waals surface area (Å²) >= 11 is 6.96. The lowest BCUT2D eigenvalue weighted by Gasteiger charge is -2.28. The standard InChI is InChI=1S/C13H20Br2N2O2S/c1-9(11-6-5-10(14)7-12(11)15)16-8-13(2,3)17-20(4,18)19/h5-7,9,16-17H,8H2,1-4H3. The molecule has 0 saturated heterocycles. The van der Waals surface area contributed by atoms with Crippen molar-refractivity contribution in [2.24, 2.45) is 0 Å². The van der Waals surface area contributed by atoms with Crippen LogP contribution in [-0.4, -0.2) is 26.8 Å². The zero-order valence-electron chi connectivity index (χ0n) is 12.0. The number of rotatable bonds is 6. The van der Waals surface area contributed by atoms with Crippen LogP contribution in [0.1, 0.15) is 32.4 Å². The van der Waals surface area contributed by atoms with Crippen LogP contribution in [0.3, 0.4) is 0 Å². The second-order valence-corrected chi connectivity index (χ2v) is 9.05. The first kappa shape index (κ1) is 18.1. The Morgan fingerprint density at radius 3 is 2.40 bits per heavy atom. The predicted molar refractivity (Wildman–Crippen MR) is 90.3 cm³/mol. The molecule has 0 aliphatic rings. The average molecular weight is 428 g/mol. The highest BCUT2D eigenvalue weighted by Gasteiger charge is 2.23. The van der Waals surface area contributed by atoms with Crippen molar-refractivity contribution >= 4 is 41.9 Å². The van der Waals surface area contributed by atoms with Crippen LogP contribution in [0, 0.1) is 0 Å². The zero-order chi connectivity index (χ0) is 15.6. The number of halogens is 2. The number of hydrogen-bond acceptors (Lipinski definition) is 3. The molecule has 7 heteroatoms. The van der Waals surface area contributed by atoms with Crippen molar-refractivity contribution in [3.63, 3.8) is 0 Å². The predicted octanol–water partition coefficient (Wildman–Crippen LogP) is 3.19. The van der Waals surface area contributed by atoms with Gasteiger partial charge in [-0.25, -0.2) is 13.1 Å². The SMILES string of the molecule is CC(NCC(C)(C)NS(C)(=O)=O)c1ccc(Br)cc1Br. The van der Waals surface area contributed by atoms with Gasteiger partial charge in [0.2, 0.25) is 10.0 Å². The molecule has 1 aromatic carbocycles. The molecule has 0 aliphatic carbocycles. The molecule has 0 radical (unpaired) electrons. The Balaban J connectivity index is 2.69. The number of benzene rings is 1. The van der Waals surface area contributed by atoms with Gasteiger partial charge in [-0.3, -0.25) is 0 Å². The van der Waals surface area contributed by atoms with Gasteiger partial charge in [0.25, 0.3) is 0 Å². The fourth-order valence-corrected chi connectivity index (χ4v) is 4.38. The Labute approximate surface area is 138 Å². The third-order valence-corrected chi connectivity index (χ3v) is 4.84. The highest BCUT2D eigenvalue weighted by molar-refractivity contribution is 9.11. The van der Waals surface area contributed by atoms with Crippen LogP contribution in [0.5, 0.6) is 0 Å². The summed E-state index contributed by atoms with van der Waals surface area (Å²) in [5.74, 6) is 0. The third-order valence-electron chi connectivity index (χ3n) is 2.74. The lowest BCUT2D eigenvalue weighted by molar-refractivity contribution is 0.399. The van der Waals surface area contributed by atoms with E-state index in [1.807, 2.05) is 39.0 Å². The lowest BCUT2D eigenvalue weighted by atomic mass is 10.0. The van der Waals surface area contributed by atoms with Crippen LogP contribution >= 0.6 is 31.9 Å². The highest BCUT2D eigenvalue weighted by atomic mass is 79.9. The Morgan fingerprint density at radius 2 is 1.90 bits per heavy atom. The van der Waals surface area contributed by atoms with E-state index >= 15 is 0 Å². The van der Waals surface area contributed by atoms with Gasteiger partial charge in [-0.05, 0) is 38.5 Å². The maximum atomic E-state index is 11.3. The summed E-state index contributed by atoms with van der Waals surface area (Å²) in [6, 6.07) is 6.12. The van der Waals surface area contributed by atoms with Crippen molar-refractivity contribution in [2.75, 3.05) is 12.8 Å². The van der Waals surface area contributed by atoms with Gasteiger partial charge in [-0.15, -0.1) is 0 Å². The Kier molecular flexibility index (Phi) is 6.22. The van der Waals surface area contributed by atoms with Gasteiger partial charge in [-0.2, -0.15) is 0 Å². The Morgan fingerprint density at radius 1 is 1.30 bits per heavy atom. The monoisotopic (exact) mass is 426 g/mol. The van der Waals surface area contributed by atoms with Gasteiger partial charge in [0, 0.05) is 27.1 Å². The fourth-order valence-electron chi connectivity index (χ4n) is 1.91. The summed E-state index contributed by atoms with van der Waals surface area (Å²) in [4.78, 5) is 0. The molecule has 2 N–H and O–H groups in total. The molecule has 1 aromatic rings. The normalized spacial score (nSPS) is 14.3. The summed E-state index contributed by atoms with van der Waals surface area (Å²) in [5.41, 5.74) is 0.590. The second-order valence-electron chi connectivity index (χ2n) is 5.53. The van der Waals surface area contributed by atoms with E-state index in [1.54, 1.807) is 0 Å². The van der Waals surface area contributed by atoms with Crippen LogP contribution in [0.4, 0.5) is 0 Å². The van der Waals surface area contributed by atoms with Crippen molar-refractivity contribution in [2.45, 2.75) is 32.4 Å². The molecule has 0 heterocycles. The molecule has 0 amide bonds. The largest absolute Gasteiger partial charge is 0.308 e. The maximum absolute atomic E-state index is 11.3. The molecule has 0 fully saturated rings. The molecule has 0 aromatic heterocycles. The van der Waals surface area contributed by atoms with E-state index in [0.29, 0.717) is 6.54 Å². The summed E-state index contributed by atoms with van der Waals surface area (Å²) in [6.07, 6.45) is 1.17. The molecule has 4 nitrogen and oxygen atoms in total. The fraction of sp³-hybridized carbons (Fsp3) is 0.538. The van der Waals surface area contributed by atoms with Gasteiger partial charge in [0.15, 0.2) is 0 Å². The average Bonchev–Trinajstić information content (AvgIpc) is 2.22. The van der Waals surface area contributed by atoms with Crippen LogP contribution in [0.2, 0.25) is 0 Å². The van der Waals surface area contributed by atoms with Crippen LogP contribution in [-0.2, 0) is 10.0 Å². The number of hydrogen-bond donors (Lipinski definition) is 2. The van der Waals surface area contributed by atoms with E-state index < -0.39 is 15.6 Å². The quantitative estimate of drug-likeness (QED) is 0.732. The molecular weight excluding hydrogens is 408 g/mol. The van der Waals surface area contributed by atoms with E-state index in [2.05, 4.69) is 41.9 Å². The molecule has 20 heavy (non-hydrogen) atoms. The van der Waals surface area contributed by atoms with Crippen molar-refractivity contribution in [1.82, 2.24) is 10.0 Å². The second kappa shape index (κ2) is 6.87. The van der Waals surface area contributed by atoms with Crippen LogP contribution in [0.25, 0.3) is 0 Å². The number of sulfonamides is 1. The maximum Gasteiger partial charge on any atom is 0.209 e. The molecule has 1 unspecified atom stereocenters. The molecule has 114 valence electrons. The zero-order valence-corrected chi connectivity index (χ0v) is 16.0. The molecule has 1 atom stereocenters. The smallest absolute Gasteiger partial charge is 0.209 e. The lowest BCUT2D eigenvalue weighted by Crippen LogP contribution is -2.50. The molecule has 0 saturated carbocycles. The molecule has 0 spiro atoms. The van der Waals surface area contributed by atoms with Gasteiger partial charge in [0.05, 0.1) is 6.26 Å². The molecular formula is C13H20Br2N2O2S. The summed E-state index contributed by atoms with van der Waals surface area (Å²) < 4.78 is 27.2. The highest BCUT2D eigenvalue weighted by Crippen LogP contribution is 2.26. The minimum atomic E-state index is -3.21. The summed E-state index contributed by atoms with van der Waals surface area (Å²) in [6.45, 7) is 6.28. The van der Waals surface area contributed by atoms with E-state index in [0.717, 1.165) is 14.5 Å². The van der Waals surface area contributed by atoms with E-state index in [1.165, 1.54) is 6.26 Å². The topological polar surface area (TPSA) is 58.2 Å². The van der Waals surface area contributed by atoms with Crippen molar-refractivity contribution in [1.29, 1.82) is 0 Å². The van der Waals surface area contributed by atoms with Gasteiger partial charge >= 0.3 is 0 Å².